The van der Waals surface area contributed by atoms with E-state index in [9.17, 15) is 13.5 Å². The highest BCUT2D eigenvalue weighted by Crippen LogP contribution is 2.18. The fourth-order valence-corrected chi connectivity index (χ4v) is 4.95. The molecular weight excluding hydrogens is 394 g/mol. The van der Waals surface area contributed by atoms with Crippen LogP contribution in [0.5, 0.6) is 0 Å². The van der Waals surface area contributed by atoms with E-state index in [1.165, 1.54) is 5.56 Å². The Kier molecular flexibility index (Phi) is 8.95. The first-order chi connectivity index (χ1) is 13.4. The molecule has 2 aromatic rings. The van der Waals surface area contributed by atoms with Crippen LogP contribution in [-0.4, -0.2) is 44.4 Å². The molecule has 3 N–H and O–H groups in total. The second-order valence-corrected chi connectivity index (χ2v) is 9.89. The lowest BCUT2D eigenvalue weighted by Crippen LogP contribution is -2.43. The molecule has 0 saturated heterocycles. The number of aryl methyl sites for hydroxylation is 1. The summed E-state index contributed by atoms with van der Waals surface area (Å²) in [6.45, 7) is 5.52. The average Bonchev–Trinajstić information content (AvgIpc) is 3.20. The zero-order chi connectivity index (χ0) is 20.4. The van der Waals surface area contributed by atoms with Crippen molar-refractivity contribution in [1.29, 1.82) is 0 Å². The van der Waals surface area contributed by atoms with Gasteiger partial charge in [-0.05, 0) is 30.4 Å². The molecule has 0 spiro atoms. The molecule has 1 atom stereocenters. The van der Waals surface area contributed by atoms with Crippen molar-refractivity contribution in [3.8, 4) is 0 Å². The van der Waals surface area contributed by atoms with Crippen LogP contribution in [0.2, 0.25) is 0 Å². The number of nitrogens with zero attached hydrogens (tertiary/aromatic N) is 1. The van der Waals surface area contributed by atoms with Gasteiger partial charge in [-0.3, -0.25) is 0 Å². The number of hydrogen-bond acceptors (Lipinski definition) is 5. The van der Waals surface area contributed by atoms with E-state index in [4.69, 9.17) is 0 Å². The molecule has 0 aliphatic rings. The highest BCUT2D eigenvalue weighted by atomic mass is 32.2. The van der Waals surface area contributed by atoms with E-state index in [-0.39, 0.29) is 16.5 Å². The van der Waals surface area contributed by atoms with Gasteiger partial charge in [0.1, 0.15) is 4.21 Å². The Bertz CT molecular complexity index is 832. The highest BCUT2D eigenvalue weighted by Gasteiger charge is 2.20. The molecule has 0 aliphatic heterocycles. The summed E-state index contributed by atoms with van der Waals surface area (Å²) in [5.41, 5.74) is 2.28. The third-order valence-corrected chi connectivity index (χ3v) is 7.37. The smallest absolute Gasteiger partial charge is 0.191 e. The van der Waals surface area contributed by atoms with Gasteiger partial charge in [-0.25, -0.2) is 13.4 Å². The third-order valence-electron chi connectivity index (χ3n) is 4.08. The number of rotatable bonds is 10. The lowest BCUT2D eigenvalue weighted by molar-refractivity contribution is 0.200. The van der Waals surface area contributed by atoms with Crippen LogP contribution in [-0.2, 0) is 16.4 Å². The van der Waals surface area contributed by atoms with Gasteiger partial charge in [-0.1, -0.05) is 49.2 Å². The third kappa shape index (κ3) is 7.61. The minimum absolute atomic E-state index is 0.108. The summed E-state index contributed by atoms with van der Waals surface area (Å²) < 4.78 is 24.8. The summed E-state index contributed by atoms with van der Waals surface area (Å²) in [4.78, 5) is 4.55. The highest BCUT2D eigenvalue weighted by molar-refractivity contribution is 7.93. The van der Waals surface area contributed by atoms with Gasteiger partial charge in [0.05, 0.1) is 18.4 Å². The Labute approximate surface area is 171 Å². The number of aliphatic imine (C=N–C) groups is 1. The summed E-state index contributed by atoms with van der Waals surface area (Å²) in [5, 5.41) is 18.2. The number of sulfone groups is 1. The van der Waals surface area contributed by atoms with Crippen LogP contribution in [0, 0.1) is 6.92 Å². The molecule has 1 unspecified atom stereocenters. The Hall–Kier alpha value is -1.90. The van der Waals surface area contributed by atoms with Crippen molar-refractivity contribution in [3.05, 3.63) is 52.9 Å². The molecule has 6 nitrogen and oxygen atoms in total. The maximum atomic E-state index is 12.3. The minimum atomic E-state index is -3.48. The van der Waals surface area contributed by atoms with Crippen LogP contribution in [0.25, 0.3) is 0 Å². The first kappa shape index (κ1) is 22.4. The van der Waals surface area contributed by atoms with Gasteiger partial charge in [0.15, 0.2) is 15.8 Å². The Morgan fingerprint density at radius 2 is 1.96 bits per heavy atom. The molecule has 0 saturated carbocycles. The predicted octanol–water partition coefficient (Wildman–Crippen LogP) is 2.73. The lowest BCUT2D eigenvalue weighted by Gasteiger charge is -2.16. The largest absolute Gasteiger partial charge is 0.390 e. The molecule has 1 heterocycles. The van der Waals surface area contributed by atoms with Crippen LogP contribution < -0.4 is 10.6 Å². The van der Waals surface area contributed by atoms with Crippen LogP contribution in [0.3, 0.4) is 0 Å². The number of hydrogen-bond donors (Lipinski definition) is 3. The van der Waals surface area contributed by atoms with Gasteiger partial charge in [-0.15, -0.1) is 11.3 Å². The van der Waals surface area contributed by atoms with Crippen molar-refractivity contribution in [1.82, 2.24) is 10.6 Å². The topological polar surface area (TPSA) is 90.8 Å². The molecule has 0 bridgehead atoms. The van der Waals surface area contributed by atoms with Crippen LogP contribution >= 0.6 is 11.3 Å². The zero-order valence-electron chi connectivity index (χ0n) is 16.4. The molecule has 0 radical (unpaired) electrons. The second-order valence-electron chi connectivity index (χ2n) is 6.68. The molecule has 2 rings (SSSR count). The van der Waals surface area contributed by atoms with E-state index in [0.717, 1.165) is 36.3 Å². The molecular formula is C20H29N3O3S2. The van der Waals surface area contributed by atoms with Crippen molar-refractivity contribution in [2.75, 3.05) is 18.8 Å². The average molecular weight is 424 g/mol. The standard InChI is InChI=1S/C20H29N3O3S2/c1-3-4-11-21-20(22-13-17-9-7-16(2)8-10-17)23-14-18(24)15-28(25,26)19-6-5-12-27-19/h5-10,12,18,24H,3-4,11,13-15H2,1-2H3,(H2,21,22,23). The first-order valence-corrected chi connectivity index (χ1v) is 12.0. The summed E-state index contributed by atoms with van der Waals surface area (Å²) in [7, 11) is -3.48. The molecule has 0 fully saturated rings. The van der Waals surface area contributed by atoms with Gasteiger partial charge in [0, 0.05) is 13.1 Å². The molecule has 154 valence electrons. The quantitative estimate of drug-likeness (QED) is 0.311. The van der Waals surface area contributed by atoms with Crippen LogP contribution in [0.1, 0.15) is 30.9 Å². The number of benzene rings is 1. The van der Waals surface area contributed by atoms with Crippen molar-refractivity contribution in [2.24, 2.45) is 4.99 Å². The van der Waals surface area contributed by atoms with Gasteiger partial charge in [0.2, 0.25) is 0 Å². The second kappa shape index (κ2) is 11.2. The fraction of sp³-hybridized carbons (Fsp3) is 0.450. The van der Waals surface area contributed by atoms with Gasteiger partial charge in [-0.2, -0.15) is 0 Å². The molecule has 0 aliphatic carbocycles. The van der Waals surface area contributed by atoms with Crippen molar-refractivity contribution in [2.45, 2.75) is 43.5 Å². The number of aliphatic hydroxyl groups is 1. The zero-order valence-corrected chi connectivity index (χ0v) is 18.0. The van der Waals surface area contributed by atoms with E-state index in [1.54, 1.807) is 17.5 Å². The van der Waals surface area contributed by atoms with Crippen molar-refractivity contribution in [3.63, 3.8) is 0 Å². The van der Waals surface area contributed by atoms with Gasteiger partial charge in [0.25, 0.3) is 0 Å². The first-order valence-electron chi connectivity index (χ1n) is 9.42. The Morgan fingerprint density at radius 1 is 1.21 bits per heavy atom. The van der Waals surface area contributed by atoms with E-state index >= 15 is 0 Å². The lowest BCUT2D eigenvalue weighted by atomic mass is 10.1. The maximum Gasteiger partial charge on any atom is 0.191 e. The van der Waals surface area contributed by atoms with Gasteiger partial charge >= 0.3 is 0 Å². The van der Waals surface area contributed by atoms with Gasteiger partial charge < -0.3 is 15.7 Å². The number of nitrogens with one attached hydrogen (secondary N) is 2. The molecule has 28 heavy (non-hydrogen) atoms. The summed E-state index contributed by atoms with van der Waals surface area (Å²) in [6, 6.07) is 11.4. The monoisotopic (exact) mass is 423 g/mol. The summed E-state index contributed by atoms with van der Waals surface area (Å²) in [6.07, 6.45) is 1.03. The maximum absolute atomic E-state index is 12.3. The van der Waals surface area contributed by atoms with Crippen molar-refractivity contribution >= 4 is 27.1 Å². The SMILES string of the molecule is CCCCNC(=NCc1ccc(C)cc1)NCC(O)CS(=O)(=O)c1cccs1. The predicted molar refractivity (Wildman–Crippen MR) is 116 cm³/mol. The van der Waals surface area contributed by atoms with E-state index < -0.39 is 15.9 Å². The minimum Gasteiger partial charge on any atom is -0.390 e. The number of guanidine groups is 1. The number of aliphatic hydroxyl groups excluding tert-OH is 1. The van der Waals surface area contributed by atoms with E-state index in [2.05, 4.69) is 22.5 Å². The Morgan fingerprint density at radius 3 is 2.61 bits per heavy atom. The summed E-state index contributed by atoms with van der Waals surface area (Å²) in [5.74, 6) is 0.252. The Balaban J connectivity index is 1.93. The van der Waals surface area contributed by atoms with E-state index in [0.29, 0.717) is 12.5 Å². The normalized spacial score (nSPS) is 13.3. The molecule has 1 aromatic heterocycles. The molecule has 1 aromatic carbocycles. The fourth-order valence-electron chi connectivity index (χ4n) is 2.47. The molecule has 8 heteroatoms. The van der Waals surface area contributed by atoms with Crippen LogP contribution in [0.4, 0.5) is 0 Å². The number of unbranched alkanes of at least 4 members (excludes halogenated alkanes) is 1. The number of thiophene rings is 1. The molecule has 0 amide bonds. The summed E-state index contributed by atoms with van der Waals surface area (Å²) >= 11 is 1.16. The van der Waals surface area contributed by atoms with Crippen molar-refractivity contribution < 1.29 is 13.5 Å². The van der Waals surface area contributed by atoms with E-state index in [1.807, 2.05) is 31.2 Å². The van der Waals surface area contributed by atoms with Crippen LogP contribution in [0.15, 0.2) is 51.0 Å².